The molecule has 3 nitrogen and oxygen atoms in total. The normalized spacial score (nSPS) is 17.7. The number of amides is 1. The van der Waals surface area contributed by atoms with E-state index >= 15 is 0 Å². The lowest BCUT2D eigenvalue weighted by atomic mass is 9.99. The van der Waals surface area contributed by atoms with Gasteiger partial charge in [0.2, 0.25) is 5.91 Å². The monoisotopic (exact) mass is 322 g/mol. The Bertz CT molecular complexity index is 681. The molecule has 1 amide bonds. The summed E-state index contributed by atoms with van der Waals surface area (Å²) in [6.07, 6.45) is 2.55. The number of aromatic nitrogens is 1. The zero-order chi connectivity index (χ0) is 15.0. The lowest BCUT2D eigenvalue weighted by Crippen LogP contribution is -2.42. The third-order valence-corrected chi connectivity index (χ3v) is 4.66. The summed E-state index contributed by atoms with van der Waals surface area (Å²) in [6, 6.07) is 9.55. The van der Waals surface area contributed by atoms with Gasteiger partial charge >= 0.3 is 0 Å². The van der Waals surface area contributed by atoms with Crippen LogP contribution >= 0.6 is 23.2 Å². The summed E-state index contributed by atoms with van der Waals surface area (Å²) in [7, 11) is 0. The van der Waals surface area contributed by atoms with Crippen LogP contribution in [0.3, 0.4) is 0 Å². The summed E-state index contributed by atoms with van der Waals surface area (Å²) in [5.74, 6) is 0.151. The van der Waals surface area contributed by atoms with Crippen molar-refractivity contribution in [3.8, 4) is 0 Å². The molecule has 110 valence electrons. The van der Waals surface area contributed by atoms with E-state index in [1.54, 1.807) is 6.07 Å². The standard InChI is InChI=1S/C16H16Cl2N2O/c1-2-15(21)20-9-8-19-7-3-4-14(19)16(20)11-5-6-12(17)13(18)10-11/h3-7,10,16H,2,8-9H2,1H3. The molecule has 1 aromatic carbocycles. The molecule has 0 aliphatic carbocycles. The molecule has 2 heterocycles. The van der Waals surface area contributed by atoms with Gasteiger partial charge in [-0.3, -0.25) is 4.79 Å². The molecule has 1 atom stereocenters. The zero-order valence-corrected chi connectivity index (χ0v) is 13.2. The minimum Gasteiger partial charge on any atom is -0.348 e. The fourth-order valence-electron chi connectivity index (χ4n) is 2.89. The second-order valence-corrected chi connectivity index (χ2v) is 5.96. The van der Waals surface area contributed by atoms with Crippen molar-refractivity contribution in [3.05, 3.63) is 57.8 Å². The summed E-state index contributed by atoms with van der Waals surface area (Å²) in [4.78, 5) is 14.2. The van der Waals surface area contributed by atoms with Crippen LogP contribution in [0.25, 0.3) is 0 Å². The second kappa shape index (κ2) is 5.74. The summed E-state index contributed by atoms with van der Waals surface area (Å²) >= 11 is 12.2. The second-order valence-electron chi connectivity index (χ2n) is 5.14. The van der Waals surface area contributed by atoms with E-state index < -0.39 is 0 Å². The number of nitrogens with zero attached hydrogens (tertiary/aromatic N) is 2. The number of halogens is 2. The smallest absolute Gasteiger partial charge is 0.223 e. The van der Waals surface area contributed by atoms with E-state index in [4.69, 9.17) is 23.2 Å². The highest BCUT2D eigenvalue weighted by Gasteiger charge is 2.31. The molecular formula is C16H16Cl2N2O. The van der Waals surface area contributed by atoms with Gasteiger partial charge in [-0.2, -0.15) is 0 Å². The molecule has 0 saturated heterocycles. The van der Waals surface area contributed by atoms with E-state index in [-0.39, 0.29) is 11.9 Å². The first kappa shape index (κ1) is 14.5. The Labute approximate surface area is 134 Å². The first-order chi connectivity index (χ1) is 10.1. The number of hydrogen-bond acceptors (Lipinski definition) is 1. The maximum absolute atomic E-state index is 12.3. The number of benzene rings is 1. The molecule has 5 heteroatoms. The van der Waals surface area contributed by atoms with Crippen LogP contribution in [0, 0.1) is 0 Å². The highest BCUT2D eigenvalue weighted by molar-refractivity contribution is 6.42. The topological polar surface area (TPSA) is 25.2 Å². The summed E-state index contributed by atoms with van der Waals surface area (Å²) in [5.41, 5.74) is 2.10. The van der Waals surface area contributed by atoms with Gasteiger partial charge in [-0.25, -0.2) is 0 Å². The van der Waals surface area contributed by atoms with Crippen molar-refractivity contribution in [2.45, 2.75) is 25.9 Å². The van der Waals surface area contributed by atoms with E-state index in [1.165, 1.54) is 0 Å². The molecule has 0 N–H and O–H groups in total. The van der Waals surface area contributed by atoms with Gasteiger partial charge in [0, 0.05) is 31.4 Å². The quantitative estimate of drug-likeness (QED) is 0.815. The van der Waals surface area contributed by atoms with Crippen molar-refractivity contribution in [2.75, 3.05) is 6.54 Å². The molecule has 2 aromatic rings. The summed E-state index contributed by atoms with van der Waals surface area (Å²) in [6.45, 7) is 3.42. The minimum atomic E-state index is -0.101. The zero-order valence-electron chi connectivity index (χ0n) is 11.7. The molecule has 0 radical (unpaired) electrons. The van der Waals surface area contributed by atoms with Crippen molar-refractivity contribution in [1.29, 1.82) is 0 Å². The minimum absolute atomic E-state index is 0.101. The van der Waals surface area contributed by atoms with E-state index in [2.05, 4.69) is 10.6 Å². The van der Waals surface area contributed by atoms with Crippen LogP contribution in [-0.2, 0) is 11.3 Å². The molecule has 0 fully saturated rings. The number of hydrogen-bond donors (Lipinski definition) is 0. The third-order valence-electron chi connectivity index (χ3n) is 3.92. The Kier molecular flexibility index (Phi) is 3.96. The van der Waals surface area contributed by atoms with Crippen LogP contribution in [-0.4, -0.2) is 21.9 Å². The van der Waals surface area contributed by atoms with Gasteiger partial charge in [0.1, 0.15) is 0 Å². The maximum atomic E-state index is 12.3. The SMILES string of the molecule is CCC(=O)N1CCn2cccc2C1c1ccc(Cl)c(Cl)c1. The Balaban J connectivity index is 2.09. The molecule has 3 rings (SSSR count). The van der Waals surface area contributed by atoms with Gasteiger partial charge in [-0.05, 0) is 29.8 Å². The Morgan fingerprint density at radius 3 is 2.76 bits per heavy atom. The van der Waals surface area contributed by atoms with Gasteiger partial charge in [0.25, 0.3) is 0 Å². The number of carbonyl (C=O) groups excluding carboxylic acids is 1. The van der Waals surface area contributed by atoms with Crippen LogP contribution in [0.15, 0.2) is 36.5 Å². The predicted molar refractivity (Wildman–Crippen MR) is 84.7 cm³/mol. The van der Waals surface area contributed by atoms with Crippen molar-refractivity contribution in [3.63, 3.8) is 0 Å². The van der Waals surface area contributed by atoms with Gasteiger partial charge in [0.15, 0.2) is 0 Å². The van der Waals surface area contributed by atoms with Crippen LogP contribution < -0.4 is 0 Å². The molecule has 1 unspecified atom stereocenters. The van der Waals surface area contributed by atoms with Crippen LogP contribution in [0.4, 0.5) is 0 Å². The maximum Gasteiger partial charge on any atom is 0.223 e. The molecule has 1 aliphatic heterocycles. The Morgan fingerprint density at radius 2 is 2.05 bits per heavy atom. The average Bonchev–Trinajstić information content (AvgIpc) is 2.96. The largest absolute Gasteiger partial charge is 0.348 e. The molecule has 0 spiro atoms. The van der Waals surface area contributed by atoms with Crippen LogP contribution in [0.1, 0.15) is 30.6 Å². The number of rotatable bonds is 2. The van der Waals surface area contributed by atoms with Crippen LogP contribution in [0.2, 0.25) is 10.0 Å². The van der Waals surface area contributed by atoms with E-state index in [0.717, 1.165) is 17.8 Å². The molecule has 21 heavy (non-hydrogen) atoms. The molecule has 0 bridgehead atoms. The highest BCUT2D eigenvalue weighted by Crippen LogP contribution is 2.35. The lowest BCUT2D eigenvalue weighted by molar-refractivity contribution is -0.133. The number of fused-ring (bicyclic) bond motifs is 1. The van der Waals surface area contributed by atoms with Crippen molar-refractivity contribution >= 4 is 29.1 Å². The summed E-state index contributed by atoms with van der Waals surface area (Å²) < 4.78 is 2.19. The van der Waals surface area contributed by atoms with Crippen LogP contribution in [0.5, 0.6) is 0 Å². The number of carbonyl (C=O) groups is 1. The van der Waals surface area contributed by atoms with E-state index in [1.807, 2.05) is 36.2 Å². The lowest BCUT2D eigenvalue weighted by Gasteiger charge is -2.37. The fraction of sp³-hybridized carbons (Fsp3) is 0.312. The predicted octanol–water partition coefficient (Wildman–Crippen LogP) is 4.14. The van der Waals surface area contributed by atoms with Crippen molar-refractivity contribution in [1.82, 2.24) is 9.47 Å². The molecule has 1 aromatic heterocycles. The third kappa shape index (κ3) is 2.56. The fourth-order valence-corrected chi connectivity index (χ4v) is 3.19. The molecular weight excluding hydrogens is 307 g/mol. The first-order valence-electron chi connectivity index (χ1n) is 7.01. The Morgan fingerprint density at radius 1 is 1.24 bits per heavy atom. The van der Waals surface area contributed by atoms with E-state index in [9.17, 15) is 4.79 Å². The average molecular weight is 323 g/mol. The first-order valence-corrected chi connectivity index (χ1v) is 7.77. The van der Waals surface area contributed by atoms with Gasteiger partial charge in [0.05, 0.1) is 16.1 Å². The summed E-state index contributed by atoms with van der Waals surface area (Å²) in [5, 5.41) is 1.04. The van der Waals surface area contributed by atoms with Crippen molar-refractivity contribution in [2.24, 2.45) is 0 Å². The van der Waals surface area contributed by atoms with E-state index in [0.29, 0.717) is 23.0 Å². The van der Waals surface area contributed by atoms with Gasteiger partial charge < -0.3 is 9.47 Å². The van der Waals surface area contributed by atoms with Crippen molar-refractivity contribution < 1.29 is 4.79 Å². The molecule has 0 saturated carbocycles. The molecule has 1 aliphatic rings. The van der Waals surface area contributed by atoms with Gasteiger partial charge in [-0.15, -0.1) is 0 Å². The Hall–Kier alpha value is -1.45. The highest BCUT2D eigenvalue weighted by atomic mass is 35.5. The van der Waals surface area contributed by atoms with Gasteiger partial charge in [-0.1, -0.05) is 36.2 Å².